The summed E-state index contributed by atoms with van der Waals surface area (Å²) in [4.78, 5) is 38.4. The SMILES string of the molecule is O=C(O)C(F)(F)F.O=C(O)C(F)(F)F.O=C(c1ccco1)N1CC2(CCN(Cc3ccncc3)C2)C1. The van der Waals surface area contributed by atoms with Gasteiger partial charge in [-0.3, -0.25) is 14.7 Å². The van der Waals surface area contributed by atoms with E-state index in [0.29, 0.717) is 5.76 Å². The highest BCUT2D eigenvalue weighted by molar-refractivity contribution is 5.92. The van der Waals surface area contributed by atoms with Gasteiger partial charge >= 0.3 is 24.3 Å². The maximum Gasteiger partial charge on any atom is 0.490 e. The van der Waals surface area contributed by atoms with Crippen LogP contribution in [0, 0.1) is 5.41 Å². The monoisotopic (exact) mass is 525 g/mol. The Morgan fingerprint density at radius 3 is 1.92 bits per heavy atom. The van der Waals surface area contributed by atoms with Crippen LogP contribution in [0.4, 0.5) is 26.3 Å². The predicted molar refractivity (Wildman–Crippen MR) is 109 cm³/mol. The normalized spacial score (nSPS) is 16.8. The van der Waals surface area contributed by atoms with Crippen LogP contribution >= 0.6 is 0 Å². The minimum absolute atomic E-state index is 0.0169. The van der Waals surface area contributed by atoms with Gasteiger partial charge < -0.3 is 19.5 Å². The molecule has 15 heteroatoms. The van der Waals surface area contributed by atoms with Crippen LogP contribution in [-0.2, 0) is 16.1 Å². The molecule has 0 atom stereocenters. The molecule has 0 aliphatic carbocycles. The molecule has 36 heavy (non-hydrogen) atoms. The maximum absolute atomic E-state index is 12.2. The largest absolute Gasteiger partial charge is 0.490 e. The summed E-state index contributed by atoms with van der Waals surface area (Å²) in [5, 5.41) is 14.2. The number of hydrogen-bond donors (Lipinski definition) is 2. The van der Waals surface area contributed by atoms with E-state index in [0.717, 1.165) is 32.7 Å². The Hall–Kier alpha value is -3.62. The number of carbonyl (C=O) groups is 3. The van der Waals surface area contributed by atoms with E-state index >= 15 is 0 Å². The number of rotatable bonds is 3. The lowest BCUT2D eigenvalue weighted by Gasteiger charge is -2.47. The molecule has 0 radical (unpaired) electrons. The second-order valence-corrected chi connectivity index (χ2v) is 8.06. The Kier molecular flexibility index (Phi) is 9.07. The van der Waals surface area contributed by atoms with Gasteiger partial charge in [-0.1, -0.05) is 0 Å². The van der Waals surface area contributed by atoms with Gasteiger partial charge in [-0.05, 0) is 42.8 Å². The van der Waals surface area contributed by atoms with Crippen LogP contribution in [0.15, 0.2) is 47.3 Å². The second-order valence-electron chi connectivity index (χ2n) is 8.06. The third-order valence-electron chi connectivity index (χ3n) is 5.23. The van der Waals surface area contributed by atoms with E-state index in [1.165, 1.54) is 12.0 Å². The molecule has 4 heterocycles. The summed E-state index contributed by atoms with van der Waals surface area (Å²) in [6, 6.07) is 7.63. The molecule has 0 bridgehead atoms. The van der Waals surface area contributed by atoms with E-state index in [1.807, 2.05) is 17.3 Å². The van der Waals surface area contributed by atoms with Crippen LogP contribution in [0.25, 0.3) is 0 Å². The van der Waals surface area contributed by atoms with Gasteiger partial charge in [0, 0.05) is 44.0 Å². The highest BCUT2D eigenvalue weighted by Crippen LogP contribution is 2.40. The standard InChI is InChI=1S/C17H19N3O2.2C2HF3O2/c21-16(15-2-1-9-22-15)20-12-17(13-20)5-8-19(11-17)10-14-3-6-18-7-4-14;2*3-2(4,5)1(6)7/h1-4,6-7,9H,5,8,10-13H2;2*(H,6,7). The number of alkyl halides is 6. The fourth-order valence-corrected chi connectivity index (χ4v) is 3.63. The molecule has 2 aliphatic rings. The first-order valence-corrected chi connectivity index (χ1v) is 10.2. The molecule has 2 aromatic heterocycles. The molecule has 1 spiro atoms. The first kappa shape index (κ1) is 28.6. The summed E-state index contributed by atoms with van der Waals surface area (Å²) in [6.45, 7) is 4.83. The first-order chi connectivity index (χ1) is 16.6. The highest BCUT2D eigenvalue weighted by Gasteiger charge is 2.49. The van der Waals surface area contributed by atoms with Crippen LogP contribution in [0.2, 0.25) is 0 Å². The third kappa shape index (κ3) is 8.25. The average molecular weight is 525 g/mol. The zero-order chi connectivity index (χ0) is 27.1. The predicted octanol–water partition coefficient (Wildman–Crippen LogP) is 3.29. The number of nitrogens with zero attached hydrogens (tertiary/aromatic N) is 3. The Morgan fingerprint density at radius 2 is 1.47 bits per heavy atom. The van der Waals surface area contributed by atoms with E-state index in [2.05, 4.69) is 22.0 Å². The van der Waals surface area contributed by atoms with Crippen molar-refractivity contribution < 1.29 is 55.4 Å². The fraction of sp³-hybridized carbons (Fsp3) is 0.429. The third-order valence-corrected chi connectivity index (χ3v) is 5.23. The van der Waals surface area contributed by atoms with E-state index in [9.17, 15) is 31.1 Å². The summed E-state index contributed by atoms with van der Waals surface area (Å²) >= 11 is 0. The Labute approximate surface area is 199 Å². The van der Waals surface area contributed by atoms with Crippen molar-refractivity contribution in [1.82, 2.24) is 14.8 Å². The van der Waals surface area contributed by atoms with Crippen molar-refractivity contribution in [2.24, 2.45) is 5.41 Å². The van der Waals surface area contributed by atoms with Crippen LogP contribution in [0.5, 0.6) is 0 Å². The van der Waals surface area contributed by atoms with Gasteiger partial charge in [0.25, 0.3) is 5.91 Å². The van der Waals surface area contributed by atoms with Gasteiger partial charge in [0.2, 0.25) is 0 Å². The lowest BCUT2D eigenvalue weighted by Crippen LogP contribution is -2.59. The number of carbonyl (C=O) groups excluding carboxylic acids is 1. The van der Waals surface area contributed by atoms with Crippen molar-refractivity contribution in [3.63, 3.8) is 0 Å². The van der Waals surface area contributed by atoms with Crippen molar-refractivity contribution in [1.29, 1.82) is 0 Å². The molecule has 2 N–H and O–H groups in total. The topological polar surface area (TPSA) is 124 Å². The molecule has 9 nitrogen and oxygen atoms in total. The van der Waals surface area contributed by atoms with Gasteiger partial charge in [-0.2, -0.15) is 26.3 Å². The summed E-state index contributed by atoms with van der Waals surface area (Å²) in [5.74, 6) is -5.05. The molecule has 2 fully saturated rings. The molecule has 0 saturated carbocycles. The summed E-state index contributed by atoms with van der Waals surface area (Å²) in [6.07, 6.45) is -3.77. The molecule has 1 amide bonds. The number of hydrogen-bond acceptors (Lipinski definition) is 6. The minimum atomic E-state index is -5.08. The van der Waals surface area contributed by atoms with Gasteiger partial charge in [0.15, 0.2) is 5.76 Å². The number of furan rings is 1. The van der Waals surface area contributed by atoms with Crippen LogP contribution < -0.4 is 0 Å². The molecule has 0 aromatic carbocycles. The molecule has 4 rings (SSSR count). The Balaban J connectivity index is 0.000000271. The smallest absolute Gasteiger partial charge is 0.475 e. The molecular formula is C21H21F6N3O6. The fourth-order valence-electron chi connectivity index (χ4n) is 3.63. The summed E-state index contributed by atoms with van der Waals surface area (Å²) in [5.41, 5.74) is 1.59. The van der Waals surface area contributed by atoms with Gasteiger partial charge in [0.05, 0.1) is 6.26 Å². The van der Waals surface area contributed by atoms with E-state index < -0.39 is 24.3 Å². The van der Waals surface area contributed by atoms with Crippen LogP contribution in [0.1, 0.15) is 22.5 Å². The maximum atomic E-state index is 12.2. The van der Waals surface area contributed by atoms with E-state index in [1.54, 1.807) is 18.4 Å². The molecule has 2 aromatic rings. The molecular weight excluding hydrogens is 504 g/mol. The van der Waals surface area contributed by atoms with Gasteiger partial charge in [-0.15, -0.1) is 0 Å². The summed E-state index contributed by atoms with van der Waals surface area (Å²) in [7, 11) is 0. The van der Waals surface area contributed by atoms with Gasteiger partial charge in [-0.25, -0.2) is 9.59 Å². The van der Waals surface area contributed by atoms with Crippen molar-refractivity contribution in [2.45, 2.75) is 25.3 Å². The average Bonchev–Trinajstić information content (AvgIpc) is 3.43. The van der Waals surface area contributed by atoms with Crippen molar-refractivity contribution >= 4 is 17.8 Å². The zero-order valence-electron chi connectivity index (χ0n) is 18.4. The van der Waals surface area contributed by atoms with Crippen molar-refractivity contribution in [2.75, 3.05) is 26.2 Å². The number of aliphatic carboxylic acids is 2. The molecule has 0 unspecified atom stereocenters. The summed E-state index contributed by atoms with van der Waals surface area (Å²) < 4.78 is 68.7. The molecule has 198 valence electrons. The number of amides is 1. The number of carboxylic acids is 2. The number of carboxylic acid groups (broad SMARTS) is 2. The first-order valence-electron chi connectivity index (χ1n) is 10.2. The number of halogens is 6. The Morgan fingerprint density at radius 1 is 0.944 bits per heavy atom. The second kappa shape index (κ2) is 11.4. The Bertz CT molecular complexity index is 997. The number of pyridine rings is 1. The molecule has 2 aliphatic heterocycles. The molecule has 2 saturated heterocycles. The zero-order valence-corrected chi connectivity index (χ0v) is 18.4. The van der Waals surface area contributed by atoms with E-state index in [4.69, 9.17) is 24.2 Å². The quantitative estimate of drug-likeness (QED) is 0.586. The van der Waals surface area contributed by atoms with E-state index in [-0.39, 0.29) is 11.3 Å². The lowest BCUT2D eigenvalue weighted by molar-refractivity contribution is -0.193. The number of likely N-dealkylation sites (tertiary alicyclic amines) is 2. The lowest BCUT2D eigenvalue weighted by atomic mass is 9.79. The highest BCUT2D eigenvalue weighted by atomic mass is 19.4. The van der Waals surface area contributed by atoms with Crippen LogP contribution in [-0.4, -0.2) is 81.4 Å². The van der Waals surface area contributed by atoms with Gasteiger partial charge in [0.1, 0.15) is 0 Å². The number of aromatic nitrogens is 1. The van der Waals surface area contributed by atoms with Crippen molar-refractivity contribution in [3.05, 3.63) is 54.2 Å². The van der Waals surface area contributed by atoms with Crippen LogP contribution in [0.3, 0.4) is 0 Å². The minimum Gasteiger partial charge on any atom is -0.475 e. The van der Waals surface area contributed by atoms with Crippen molar-refractivity contribution in [3.8, 4) is 0 Å².